The van der Waals surface area contributed by atoms with Crippen molar-refractivity contribution >= 4 is 40.2 Å². The van der Waals surface area contributed by atoms with E-state index in [4.69, 9.17) is 11.6 Å². The molecule has 5 nitrogen and oxygen atoms in total. The second-order valence-electron chi connectivity index (χ2n) is 6.36. The summed E-state index contributed by atoms with van der Waals surface area (Å²) in [6, 6.07) is 5.10. The van der Waals surface area contributed by atoms with Crippen molar-refractivity contribution in [2.75, 3.05) is 14.1 Å². The summed E-state index contributed by atoms with van der Waals surface area (Å²) in [6.07, 6.45) is 0. The molecule has 0 N–H and O–H groups in total. The predicted octanol–water partition coefficient (Wildman–Crippen LogP) is 3.27. The Hall–Kier alpha value is -1.53. The predicted molar refractivity (Wildman–Crippen MR) is 99.9 cm³/mol. The van der Waals surface area contributed by atoms with Gasteiger partial charge < -0.3 is 4.90 Å². The molecule has 2 rings (SSSR count). The van der Waals surface area contributed by atoms with Crippen LogP contribution in [0.25, 0.3) is 10.9 Å². The first-order chi connectivity index (χ1) is 11.2. The van der Waals surface area contributed by atoms with E-state index in [0.717, 1.165) is 0 Å². The summed E-state index contributed by atoms with van der Waals surface area (Å²) < 4.78 is 1.65. The molecule has 7 heteroatoms. The molecule has 0 radical (unpaired) electrons. The second-order valence-corrected chi connectivity index (χ2v) is 8.10. The zero-order valence-electron chi connectivity index (χ0n) is 14.5. The SMILES string of the molecule is CC(C)Cn1c(S[C@@H](C)C(=O)N(C)C)nc2ccc(Cl)cc2c1=O. The van der Waals surface area contributed by atoms with Gasteiger partial charge in [-0.25, -0.2) is 4.98 Å². The molecule has 0 fully saturated rings. The van der Waals surface area contributed by atoms with Gasteiger partial charge in [-0.3, -0.25) is 14.2 Å². The molecule has 1 aromatic heterocycles. The fraction of sp³-hybridized carbons (Fsp3) is 0.471. The summed E-state index contributed by atoms with van der Waals surface area (Å²) >= 11 is 7.33. The number of nitrogens with zero attached hydrogens (tertiary/aromatic N) is 3. The van der Waals surface area contributed by atoms with Gasteiger partial charge >= 0.3 is 0 Å². The lowest BCUT2D eigenvalue weighted by Crippen LogP contribution is -2.31. The van der Waals surface area contributed by atoms with E-state index in [-0.39, 0.29) is 22.6 Å². The number of rotatable bonds is 5. The molecule has 1 amide bonds. The summed E-state index contributed by atoms with van der Waals surface area (Å²) in [5, 5.41) is 1.24. The first-order valence-electron chi connectivity index (χ1n) is 7.78. The van der Waals surface area contributed by atoms with Gasteiger partial charge in [-0.15, -0.1) is 0 Å². The molecule has 0 saturated carbocycles. The minimum atomic E-state index is -0.324. The van der Waals surface area contributed by atoms with Crippen LogP contribution in [0.4, 0.5) is 0 Å². The lowest BCUT2D eigenvalue weighted by molar-refractivity contribution is -0.127. The molecule has 1 aromatic carbocycles. The summed E-state index contributed by atoms with van der Waals surface area (Å²) in [5.41, 5.74) is 0.472. The van der Waals surface area contributed by atoms with Gasteiger partial charge in [0.2, 0.25) is 5.91 Å². The monoisotopic (exact) mass is 367 g/mol. The van der Waals surface area contributed by atoms with E-state index in [2.05, 4.69) is 4.98 Å². The average molecular weight is 368 g/mol. The van der Waals surface area contributed by atoms with Crippen molar-refractivity contribution < 1.29 is 4.79 Å². The Kier molecular flexibility index (Phi) is 5.93. The van der Waals surface area contributed by atoms with E-state index in [9.17, 15) is 9.59 Å². The van der Waals surface area contributed by atoms with Crippen LogP contribution in [-0.4, -0.2) is 39.7 Å². The maximum absolute atomic E-state index is 12.9. The molecule has 0 spiro atoms. The van der Waals surface area contributed by atoms with Crippen LogP contribution in [0.2, 0.25) is 5.02 Å². The van der Waals surface area contributed by atoms with Crippen molar-refractivity contribution in [2.24, 2.45) is 5.92 Å². The number of fused-ring (bicyclic) bond motifs is 1. The molecular weight excluding hydrogens is 346 g/mol. The van der Waals surface area contributed by atoms with Crippen LogP contribution in [0.3, 0.4) is 0 Å². The number of carbonyl (C=O) groups excluding carboxylic acids is 1. The van der Waals surface area contributed by atoms with E-state index in [0.29, 0.717) is 27.6 Å². The molecule has 0 aliphatic carbocycles. The van der Waals surface area contributed by atoms with Crippen LogP contribution in [0, 0.1) is 5.92 Å². The average Bonchev–Trinajstić information content (AvgIpc) is 2.50. The number of halogens is 1. The number of hydrogen-bond acceptors (Lipinski definition) is 4. The van der Waals surface area contributed by atoms with Gasteiger partial charge in [-0.05, 0) is 31.0 Å². The molecule has 0 saturated heterocycles. The van der Waals surface area contributed by atoms with Crippen LogP contribution in [0.5, 0.6) is 0 Å². The lowest BCUT2D eigenvalue weighted by Gasteiger charge is -2.19. The van der Waals surface area contributed by atoms with Crippen LogP contribution in [-0.2, 0) is 11.3 Å². The molecule has 24 heavy (non-hydrogen) atoms. The first kappa shape index (κ1) is 18.8. The minimum absolute atomic E-state index is 0.0125. The Balaban J connectivity index is 2.56. The highest BCUT2D eigenvalue weighted by Crippen LogP contribution is 2.25. The van der Waals surface area contributed by atoms with E-state index in [1.54, 1.807) is 41.8 Å². The fourth-order valence-corrected chi connectivity index (χ4v) is 3.60. The highest BCUT2D eigenvalue weighted by Gasteiger charge is 2.21. The lowest BCUT2D eigenvalue weighted by atomic mass is 10.2. The van der Waals surface area contributed by atoms with Crippen LogP contribution < -0.4 is 5.56 Å². The standard InChI is InChI=1S/C17H22ClN3O2S/c1-10(2)9-21-16(23)13-8-12(18)6-7-14(13)19-17(21)24-11(3)15(22)20(4)5/h6-8,10-11H,9H2,1-5H3/t11-/m0/s1. The Labute approximate surface area is 151 Å². The number of benzene rings is 1. The Bertz CT molecular complexity index is 817. The maximum Gasteiger partial charge on any atom is 0.262 e. The van der Waals surface area contributed by atoms with Gasteiger partial charge in [0.25, 0.3) is 5.56 Å². The number of carbonyl (C=O) groups is 1. The van der Waals surface area contributed by atoms with Gasteiger partial charge in [0, 0.05) is 25.7 Å². The molecule has 0 unspecified atom stereocenters. The third-order valence-corrected chi connectivity index (χ3v) is 4.81. The van der Waals surface area contributed by atoms with Crippen molar-refractivity contribution in [1.82, 2.24) is 14.5 Å². The third-order valence-electron chi connectivity index (χ3n) is 3.50. The topological polar surface area (TPSA) is 55.2 Å². The Morgan fingerprint density at radius 2 is 2.00 bits per heavy atom. The second kappa shape index (κ2) is 7.57. The molecule has 2 aromatic rings. The van der Waals surface area contributed by atoms with Crippen molar-refractivity contribution in [3.63, 3.8) is 0 Å². The molecule has 0 bridgehead atoms. The van der Waals surface area contributed by atoms with Crippen molar-refractivity contribution in [2.45, 2.75) is 37.7 Å². The summed E-state index contributed by atoms with van der Waals surface area (Å²) in [4.78, 5) is 31.2. The van der Waals surface area contributed by atoms with Crippen molar-refractivity contribution in [1.29, 1.82) is 0 Å². The summed E-state index contributed by atoms with van der Waals surface area (Å²) in [5.74, 6) is 0.266. The van der Waals surface area contributed by atoms with Crippen LogP contribution in [0.15, 0.2) is 28.2 Å². The highest BCUT2D eigenvalue weighted by atomic mass is 35.5. The van der Waals surface area contributed by atoms with Gasteiger partial charge in [-0.1, -0.05) is 37.2 Å². The van der Waals surface area contributed by atoms with E-state index < -0.39 is 0 Å². The molecule has 130 valence electrons. The van der Waals surface area contributed by atoms with Gasteiger partial charge in [0.05, 0.1) is 16.2 Å². The van der Waals surface area contributed by atoms with Crippen LogP contribution in [0.1, 0.15) is 20.8 Å². The molecular formula is C17H22ClN3O2S. The summed E-state index contributed by atoms with van der Waals surface area (Å²) in [7, 11) is 3.44. The maximum atomic E-state index is 12.9. The van der Waals surface area contributed by atoms with Gasteiger partial charge in [0.1, 0.15) is 0 Å². The smallest absolute Gasteiger partial charge is 0.262 e. The van der Waals surface area contributed by atoms with Crippen molar-refractivity contribution in [3.05, 3.63) is 33.6 Å². The van der Waals surface area contributed by atoms with E-state index in [1.165, 1.54) is 11.8 Å². The highest BCUT2D eigenvalue weighted by molar-refractivity contribution is 8.00. The normalized spacial score (nSPS) is 12.6. The number of thioether (sulfide) groups is 1. The quantitative estimate of drug-likeness (QED) is 0.601. The minimum Gasteiger partial charge on any atom is -0.348 e. The molecule has 1 heterocycles. The number of hydrogen-bond donors (Lipinski definition) is 0. The van der Waals surface area contributed by atoms with Crippen molar-refractivity contribution in [3.8, 4) is 0 Å². The van der Waals surface area contributed by atoms with E-state index in [1.807, 2.05) is 20.8 Å². The molecule has 0 aliphatic heterocycles. The van der Waals surface area contributed by atoms with E-state index >= 15 is 0 Å². The first-order valence-corrected chi connectivity index (χ1v) is 9.04. The number of aromatic nitrogens is 2. The molecule has 1 atom stereocenters. The third kappa shape index (κ3) is 4.11. The Morgan fingerprint density at radius 1 is 1.33 bits per heavy atom. The Morgan fingerprint density at radius 3 is 2.58 bits per heavy atom. The van der Waals surface area contributed by atoms with Crippen LogP contribution >= 0.6 is 23.4 Å². The zero-order valence-corrected chi connectivity index (χ0v) is 16.1. The fourth-order valence-electron chi connectivity index (χ4n) is 2.36. The number of amides is 1. The largest absolute Gasteiger partial charge is 0.348 e. The van der Waals surface area contributed by atoms with Gasteiger partial charge in [-0.2, -0.15) is 0 Å². The summed E-state index contributed by atoms with van der Waals surface area (Å²) in [6.45, 7) is 6.44. The van der Waals surface area contributed by atoms with Gasteiger partial charge in [0.15, 0.2) is 5.16 Å². The zero-order chi connectivity index (χ0) is 18.0. The molecule has 0 aliphatic rings.